The van der Waals surface area contributed by atoms with Gasteiger partial charge in [0.1, 0.15) is 13.2 Å². The molecule has 2 unspecified atom stereocenters. The molecule has 0 bridgehead atoms. The zero-order valence-electron chi connectivity index (χ0n) is 13.1. The zero-order valence-corrected chi connectivity index (χ0v) is 13.1. The number of hydrogen-bond donors (Lipinski definition) is 2. The van der Waals surface area contributed by atoms with Crippen LogP contribution < -0.4 is 20.1 Å². The standard InChI is InChI=1S/C17H24N2O3/c1-12-14(3-2-7-18-12)17(20)19-8-6-13-4-5-15-16(11-13)22-10-9-21-15/h4-5,11-12,14,18H,2-3,6-10H2,1H3,(H,19,20). The minimum absolute atomic E-state index is 0.0917. The van der Waals surface area contributed by atoms with Crippen LogP contribution in [0.25, 0.3) is 0 Å². The van der Waals surface area contributed by atoms with Crippen molar-refractivity contribution in [3.05, 3.63) is 23.8 Å². The Morgan fingerprint density at radius 1 is 1.32 bits per heavy atom. The van der Waals surface area contributed by atoms with Gasteiger partial charge in [0.05, 0.1) is 5.92 Å². The Morgan fingerprint density at radius 3 is 2.95 bits per heavy atom. The monoisotopic (exact) mass is 304 g/mol. The van der Waals surface area contributed by atoms with E-state index >= 15 is 0 Å². The van der Waals surface area contributed by atoms with E-state index in [0.29, 0.717) is 19.8 Å². The van der Waals surface area contributed by atoms with Crippen LogP contribution in [0.3, 0.4) is 0 Å². The average Bonchev–Trinajstić information content (AvgIpc) is 2.55. The molecule has 5 heteroatoms. The highest BCUT2D eigenvalue weighted by Gasteiger charge is 2.26. The van der Waals surface area contributed by atoms with Crippen molar-refractivity contribution >= 4 is 5.91 Å². The van der Waals surface area contributed by atoms with Crippen LogP contribution in [0.1, 0.15) is 25.3 Å². The smallest absolute Gasteiger partial charge is 0.224 e. The number of carbonyl (C=O) groups is 1. The Labute approximate surface area is 131 Å². The van der Waals surface area contributed by atoms with Gasteiger partial charge in [0.15, 0.2) is 11.5 Å². The van der Waals surface area contributed by atoms with Crippen LogP contribution in [0.2, 0.25) is 0 Å². The number of ether oxygens (including phenoxy) is 2. The first-order valence-electron chi connectivity index (χ1n) is 8.13. The van der Waals surface area contributed by atoms with Gasteiger partial charge in [0.25, 0.3) is 0 Å². The fourth-order valence-electron chi connectivity index (χ4n) is 3.11. The van der Waals surface area contributed by atoms with Gasteiger partial charge in [0, 0.05) is 12.6 Å². The summed E-state index contributed by atoms with van der Waals surface area (Å²) in [5.74, 6) is 1.87. The lowest BCUT2D eigenvalue weighted by molar-refractivity contribution is -0.126. The molecule has 2 N–H and O–H groups in total. The molecule has 5 nitrogen and oxygen atoms in total. The van der Waals surface area contributed by atoms with Crippen molar-refractivity contribution in [1.29, 1.82) is 0 Å². The second kappa shape index (κ2) is 7.01. The Balaban J connectivity index is 1.49. The molecule has 0 aromatic heterocycles. The molecule has 2 atom stereocenters. The van der Waals surface area contributed by atoms with Gasteiger partial charge in [-0.25, -0.2) is 0 Å². The predicted octanol–water partition coefficient (Wildman–Crippen LogP) is 1.50. The third-order valence-electron chi connectivity index (χ3n) is 4.42. The van der Waals surface area contributed by atoms with E-state index in [1.54, 1.807) is 0 Å². The normalized spacial score (nSPS) is 23.9. The lowest BCUT2D eigenvalue weighted by Gasteiger charge is -2.28. The molecule has 0 radical (unpaired) electrons. The molecule has 2 heterocycles. The molecule has 0 spiro atoms. The molecule has 1 fully saturated rings. The van der Waals surface area contributed by atoms with Crippen molar-refractivity contribution in [2.45, 2.75) is 32.2 Å². The van der Waals surface area contributed by atoms with E-state index in [9.17, 15) is 4.79 Å². The van der Waals surface area contributed by atoms with Crippen molar-refractivity contribution in [3.63, 3.8) is 0 Å². The molecule has 2 aliphatic heterocycles. The number of rotatable bonds is 4. The van der Waals surface area contributed by atoms with E-state index in [-0.39, 0.29) is 17.9 Å². The minimum atomic E-state index is 0.0917. The number of fused-ring (bicyclic) bond motifs is 1. The molecule has 1 aromatic carbocycles. The summed E-state index contributed by atoms with van der Waals surface area (Å²) in [7, 11) is 0. The highest BCUT2D eigenvalue weighted by molar-refractivity contribution is 5.79. The number of nitrogens with one attached hydrogen (secondary N) is 2. The second-order valence-electron chi connectivity index (χ2n) is 6.01. The van der Waals surface area contributed by atoms with Crippen LogP contribution in [0.5, 0.6) is 11.5 Å². The Bertz CT molecular complexity index is 533. The summed E-state index contributed by atoms with van der Waals surface area (Å²) >= 11 is 0. The summed E-state index contributed by atoms with van der Waals surface area (Å²) in [5, 5.41) is 6.42. The van der Waals surface area contributed by atoms with Gasteiger partial charge in [-0.1, -0.05) is 6.07 Å². The molecule has 0 aliphatic carbocycles. The number of carbonyl (C=O) groups excluding carboxylic acids is 1. The molecule has 1 amide bonds. The van der Waals surface area contributed by atoms with Crippen molar-refractivity contribution in [2.75, 3.05) is 26.3 Å². The van der Waals surface area contributed by atoms with Crippen molar-refractivity contribution in [3.8, 4) is 11.5 Å². The maximum absolute atomic E-state index is 12.2. The summed E-state index contributed by atoms with van der Waals surface area (Å²) in [5.41, 5.74) is 1.15. The maximum Gasteiger partial charge on any atom is 0.224 e. The van der Waals surface area contributed by atoms with Crippen LogP contribution in [-0.2, 0) is 11.2 Å². The topological polar surface area (TPSA) is 59.6 Å². The number of benzene rings is 1. The van der Waals surface area contributed by atoms with Gasteiger partial charge in [-0.2, -0.15) is 0 Å². The molecular weight excluding hydrogens is 280 g/mol. The highest BCUT2D eigenvalue weighted by atomic mass is 16.6. The number of hydrogen-bond acceptors (Lipinski definition) is 4. The molecule has 0 saturated carbocycles. The summed E-state index contributed by atoms with van der Waals surface area (Å²) in [6.45, 7) is 4.96. The van der Waals surface area contributed by atoms with Crippen LogP contribution >= 0.6 is 0 Å². The van der Waals surface area contributed by atoms with Gasteiger partial charge in [-0.05, 0) is 50.4 Å². The average molecular weight is 304 g/mol. The largest absolute Gasteiger partial charge is 0.486 e. The molecule has 1 saturated heterocycles. The lowest BCUT2D eigenvalue weighted by Crippen LogP contribution is -2.47. The summed E-state index contributed by atoms with van der Waals surface area (Å²) < 4.78 is 11.1. The quantitative estimate of drug-likeness (QED) is 0.885. The fourth-order valence-corrected chi connectivity index (χ4v) is 3.11. The van der Waals surface area contributed by atoms with E-state index in [0.717, 1.165) is 42.9 Å². The minimum Gasteiger partial charge on any atom is -0.486 e. The zero-order chi connectivity index (χ0) is 15.4. The Morgan fingerprint density at radius 2 is 2.14 bits per heavy atom. The molecule has 2 aliphatic rings. The second-order valence-corrected chi connectivity index (χ2v) is 6.01. The SMILES string of the molecule is CC1NCCCC1C(=O)NCCc1ccc2c(c1)OCCO2. The first kappa shape index (κ1) is 15.2. The first-order valence-corrected chi connectivity index (χ1v) is 8.13. The fraction of sp³-hybridized carbons (Fsp3) is 0.588. The molecule has 22 heavy (non-hydrogen) atoms. The van der Waals surface area contributed by atoms with E-state index in [2.05, 4.69) is 17.6 Å². The maximum atomic E-state index is 12.2. The van der Waals surface area contributed by atoms with E-state index in [1.165, 1.54) is 0 Å². The van der Waals surface area contributed by atoms with E-state index < -0.39 is 0 Å². The van der Waals surface area contributed by atoms with Crippen molar-refractivity contribution in [2.24, 2.45) is 5.92 Å². The van der Waals surface area contributed by atoms with E-state index in [4.69, 9.17) is 9.47 Å². The van der Waals surface area contributed by atoms with Gasteiger partial charge in [-0.3, -0.25) is 4.79 Å². The van der Waals surface area contributed by atoms with Crippen LogP contribution in [0, 0.1) is 5.92 Å². The lowest BCUT2D eigenvalue weighted by atomic mass is 9.91. The molecule has 3 rings (SSSR count). The molecule has 120 valence electrons. The summed E-state index contributed by atoms with van der Waals surface area (Å²) in [6, 6.07) is 6.25. The summed E-state index contributed by atoms with van der Waals surface area (Å²) in [6.07, 6.45) is 2.85. The van der Waals surface area contributed by atoms with Crippen LogP contribution in [0.15, 0.2) is 18.2 Å². The van der Waals surface area contributed by atoms with Crippen molar-refractivity contribution in [1.82, 2.24) is 10.6 Å². The van der Waals surface area contributed by atoms with Gasteiger partial charge in [-0.15, -0.1) is 0 Å². The Hall–Kier alpha value is -1.75. The van der Waals surface area contributed by atoms with Crippen molar-refractivity contribution < 1.29 is 14.3 Å². The van der Waals surface area contributed by atoms with Gasteiger partial charge >= 0.3 is 0 Å². The summed E-state index contributed by atoms with van der Waals surface area (Å²) in [4.78, 5) is 12.2. The van der Waals surface area contributed by atoms with E-state index in [1.807, 2.05) is 18.2 Å². The predicted molar refractivity (Wildman–Crippen MR) is 84.3 cm³/mol. The number of piperidine rings is 1. The van der Waals surface area contributed by atoms with Gasteiger partial charge in [0.2, 0.25) is 5.91 Å². The molecular formula is C17H24N2O3. The third kappa shape index (κ3) is 3.53. The first-order chi connectivity index (χ1) is 10.7. The number of amides is 1. The third-order valence-corrected chi connectivity index (χ3v) is 4.42. The van der Waals surface area contributed by atoms with Gasteiger partial charge < -0.3 is 20.1 Å². The Kier molecular flexibility index (Phi) is 4.83. The van der Waals surface area contributed by atoms with Crippen LogP contribution in [-0.4, -0.2) is 38.3 Å². The highest BCUT2D eigenvalue weighted by Crippen LogP contribution is 2.30. The van der Waals surface area contributed by atoms with Crippen LogP contribution in [0.4, 0.5) is 0 Å². The molecule has 1 aromatic rings.